The van der Waals surface area contributed by atoms with E-state index in [0.29, 0.717) is 40.4 Å². The molecule has 9 heteroatoms. The predicted octanol–water partition coefficient (Wildman–Crippen LogP) is 4.61. The van der Waals surface area contributed by atoms with Crippen LogP contribution in [-0.4, -0.2) is 38.7 Å². The van der Waals surface area contributed by atoms with Crippen molar-refractivity contribution in [1.82, 2.24) is 15.1 Å². The molecule has 0 saturated carbocycles. The van der Waals surface area contributed by atoms with Crippen molar-refractivity contribution >= 4 is 35.2 Å². The Morgan fingerprint density at radius 3 is 2.72 bits per heavy atom. The minimum atomic E-state index is -0.465. The number of rotatable bonds is 4. The molecule has 29 heavy (non-hydrogen) atoms. The summed E-state index contributed by atoms with van der Waals surface area (Å²) in [5.74, 6) is 0.454. The summed E-state index contributed by atoms with van der Waals surface area (Å²) in [6, 6.07) is 8.29. The van der Waals surface area contributed by atoms with Gasteiger partial charge in [-0.05, 0) is 50.1 Å². The second-order valence-electron chi connectivity index (χ2n) is 6.67. The molecule has 0 bridgehead atoms. The van der Waals surface area contributed by atoms with Crippen LogP contribution < -0.4 is 0 Å². The molecule has 0 radical (unpaired) electrons. The molecule has 1 aliphatic rings. The van der Waals surface area contributed by atoms with Crippen LogP contribution in [0.2, 0.25) is 5.02 Å². The van der Waals surface area contributed by atoms with Crippen molar-refractivity contribution in [2.45, 2.75) is 36.7 Å². The van der Waals surface area contributed by atoms with Gasteiger partial charge in [0.2, 0.25) is 5.91 Å². The zero-order chi connectivity index (χ0) is 20.4. The van der Waals surface area contributed by atoms with Crippen LogP contribution >= 0.6 is 23.4 Å². The number of hydrogen-bond acceptors (Lipinski definition) is 7. The molecule has 1 aliphatic heterocycles. The average Bonchev–Trinajstić information content (AvgIpc) is 3.30. The molecule has 3 heterocycles. The van der Waals surface area contributed by atoms with Crippen molar-refractivity contribution in [2.24, 2.45) is 0 Å². The molecule has 150 valence electrons. The first-order chi connectivity index (χ1) is 14.0. The smallest absolute Gasteiger partial charge is 0.277 e. The predicted molar refractivity (Wildman–Crippen MR) is 108 cm³/mol. The number of halogens is 1. The molecule has 2 aromatic heterocycles. The number of nitrogens with zero attached hydrogens (tertiary/aromatic N) is 3. The maximum Gasteiger partial charge on any atom is 0.277 e. The number of aryl methyl sites for hydroxylation is 1. The van der Waals surface area contributed by atoms with Gasteiger partial charge in [-0.1, -0.05) is 29.8 Å². The second kappa shape index (κ2) is 8.42. The number of furan rings is 1. The van der Waals surface area contributed by atoms with E-state index >= 15 is 0 Å². The number of thioether (sulfide) groups is 1. The van der Waals surface area contributed by atoms with E-state index in [-0.39, 0.29) is 11.8 Å². The minimum absolute atomic E-state index is 0.244. The molecule has 1 fully saturated rings. The third-order valence-corrected chi connectivity index (χ3v) is 6.06. The van der Waals surface area contributed by atoms with Crippen LogP contribution in [0.1, 0.15) is 35.4 Å². The summed E-state index contributed by atoms with van der Waals surface area (Å²) < 4.78 is 11.0. The lowest BCUT2D eigenvalue weighted by Gasteiger charge is -2.21. The topological polar surface area (TPSA) is 89.4 Å². The van der Waals surface area contributed by atoms with Gasteiger partial charge in [-0.15, -0.1) is 10.2 Å². The lowest BCUT2D eigenvalue weighted by Crippen LogP contribution is -2.41. The van der Waals surface area contributed by atoms with Crippen LogP contribution in [0.3, 0.4) is 0 Å². The minimum Gasteiger partial charge on any atom is -0.469 e. The number of benzene rings is 1. The van der Waals surface area contributed by atoms with Gasteiger partial charge in [0.15, 0.2) is 0 Å². The van der Waals surface area contributed by atoms with E-state index in [2.05, 4.69) is 10.2 Å². The highest BCUT2D eigenvalue weighted by Gasteiger charge is 2.33. The van der Waals surface area contributed by atoms with E-state index in [4.69, 9.17) is 20.4 Å². The summed E-state index contributed by atoms with van der Waals surface area (Å²) in [6.45, 7) is 2.20. The first kappa shape index (κ1) is 19.7. The van der Waals surface area contributed by atoms with Crippen LogP contribution in [0.15, 0.2) is 50.7 Å². The number of aromatic nitrogens is 2. The molecule has 1 aromatic carbocycles. The average molecular weight is 432 g/mol. The summed E-state index contributed by atoms with van der Waals surface area (Å²) in [7, 11) is 0. The molecule has 1 atom stereocenters. The molecule has 4 rings (SSSR count). The SMILES string of the molecule is Cc1occc1-c1nnc(S[C@H]2CCCCN(C(=O)c3ccc(Cl)cc3)C2=O)o1. The first-order valence-electron chi connectivity index (χ1n) is 9.19. The molecule has 0 aliphatic carbocycles. The van der Waals surface area contributed by atoms with Crippen LogP contribution in [0, 0.1) is 6.92 Å². The molecule has 7 nitrogen and oxygen atoms in total. The van der Waals surface area contributed by atoms with Crippen molar-refractivity contribution in [2.75, 3.05) is 6.54 Å². The normalized spacial score (nSPS) is 17.4. The summed E-state index contributed by atoms with van der Waals surface area (Å²) in [5, 5.41) is 8.45. The van der Waals surface area contributed by atoms with Gasteiger partial charge in [0.25, 0.3) is 17.0 Å². The van der Waals surface area contributed by atoms with Gasteiger partial charge in [-0.3, -0.25) is 14.5 Å². The molecule has 0 N–H and O–H groups in total. The fourth-order valence-corrected chi connectivity index (χ4v) is 4.26. The molecule has 2 amide bonds. The van der Waals surface area contributed by atoms with Crippen LogP contribution in [0.5, 0.6) is 0 Å². The van der Waals surface area contributed by atoms with Crippen molar-refractivity contribution in [3.8, 4) is 11.5 Å². The zero-order valence-electron chi connectivity index (χ0n) is 15.6. The lowest BCUT2D eigenvalue weighted by atomic mass is 10.2. The lowest BCUT2D eigenvalue weighted by molar-refractivity contribution is -0.127. The highest BCUT2D eigenvalue weighted by atomic mass is 35.5. The summed E-state index contributed by atoms with van der Waals surface area (Å²) in [6.07, 6.45) is 3.77. The molecule has 1 saturated heterocycles. The third kappa shape index (κ3) is 4.23. The summed E-state index contributed by atoms with van der Waals surface area (Å²) in [5.41, 5.74) is 1.15. The molecular weight excluding hydrogens is 414 g/mol. The van der Waals surface area contributed by atoms with E-state index in [0.717, 1.165) is 18.4 Å². The Hall–Kier alpha value is -2.58. The van der Waals surface area contributed by atoms with Gasteiger partial charge in [0, 0.05) is 17.1 Å². The number of likely N-dealkylation sites (tertiary alicyclic amines) is 1. The number of amides is 2. The fourth-order valence-electron chi connectivity index (χ4n) is 3.16. The van der Waals surface area contributed by atoms with E-state index in [1.165, 1.54) is 16.7 Å². The number of imide groups is 1. The Balaban J connectivity index is 1.51. The second-order valence-corrected chi connectivity index (χ2v) is 8.26. The highest BCUT2D eigenvalue weighted by molar-refractivity contribution is 8.00. The maximum absolute atomic E-state index is 13.1. The van der Waals surface area contributed by atoms with Crippen molar-refractivity contribution < 1.29 is 18.4 Å². The van der Waals surface area contributed by atoms with Gasteiger partial charge in [-0.2, -0.15) is 0 Å². The van der Waals surface area contributed by atoms with Crippen molar-refractivity contribution in [1.29, 1.82) is 0 Å². The quantitative estimate of drug-likeness (QED) is 0.557. The Labute approximate surface area is 176 Å². The monoisotopic (exact) mass is 431 g/mol. The summed E-state index contributed by atoms with van der Waals surface area (Å²) in [4.78, 5) is 27.2. The first-order valence-corrected chi connectivity index (χ1v) is 10.4. The zero-order valence-corrected chi connectivity index (χ0v) is 17.2. The summed E-state index contributed by atoms with van der Waals surface area (Å²) >= 11 is 7.09. The Bertz CT molecular complexity index is 1030. The maximum atomic E-state index is 13.1. The van der Waals surface area contributed by atoms with E-state index < -0.39 is 5.25 Å². The largest absolute Gasteiger partial charge is 0.469 e. The fraction of sp³-hybridized carbons (Fsp3) is 0.300. The number of hydrogen-bond donors (Lipinski definition) is 0. The Morgan fingerprint density at radius 2 is 2.00 bits per heavy atom. The van der Waals surface area contributed by atoms with E-state index in [1.54, 1.807) is 43.5 Å². The van der Waals surface area contributed by atoms with Gasteiger partial charge in [-0.25, -0.2) is 0 Å². The van der Waals surface area contributed by atoms with E-state index in [9.17, 15) is 9.59 Å². The van der Waals surface area contributed by atoms with Crippen LogP contribution in [-0.2, 0) is 4.79 Å². The highest BCUT2D eigenvalue weighted by Crippen LogP contribution is 2.32. The number of carbonyl (C=O) groups excluding carboxylic acids is 2. The molecular formula is C20H18ClN3O4S. The number of carbonyl (C=O) groups is 2. The van der Waals surface area contributed by atoms with E-state index in [1.807, 2.05) is 0 Å². The van der Waals surface area contributed by atoms with Crippen LogP contribution in [0.4, 0.5) is 0 Å². The van der Waals surface area contributed by atoms with Crippen LogP contribution in [0.25, 0.3) is 11.5 Å². The van der Waals surface area contributed by atoms with Crippen molar-refractivity contribution in [3.05, 3.63) is 52.9 Å². The molecule has 0 spiro atoms. The third-order valence-electron chi connectivity index (χ3n) is 4.71. The Morgan fingerprint density at radius 1 is 1.21 bits per heavy atom. The molecule has 0 unspecified atom stereocenters. The Kier molecular flexibility index (Phi) is 5.73. The van der Waals surface area contributed by atoms with Crippen molar-refractivity contribution in [3.63, 3.8) is 0 Å². The van der Waals surface area contributed by atoms with Gasteiger partial charge >= 0.3 is 0 Å². The van der Waals surface area contributed by atoms with Gasteiger partial charge in [0.1, 0.15) is 5.76 Å². The standard InChI is InChI=1S/C20H18ClN3O4S/c1-12-15(9-11-27-12)17-22-23-20(28-17)29-16-4-2-3-10-24(19(16)26)18(25)13-5-7-14(21)8-6-13/h5-9,11,16H,2-4,10H2,1H3/t16-/m0/s1. The van der Waals surface area contributed by atoms with Gasteiger partial charge in [0.05, 0.1) is 17.1 Å². The molecule has 3 aromatic rings. The van der Waals surface area contributed by atoms with Gasteiger partial charge < -0.3 is 8.83 Å².